The fourth-order valence-corrected chi connectivity index (χ4v) is 5.25. The Morgan fingerprint density at radius 2 is 1.74 bits per heavy atom. The summed E-state index contributed by atoms with van der Waals surface area (Å²) in [5.74, 6) is -0.303. The van der Waals surface area contributed by atoms with Crippen LogP contribution in [0.4, 0.5) is 0 Å². The first-order chi connectivity index (χ1) is 14.8. The Morgan fingerprint density at radius 3 is 2.42 bits per heavy atom. The van der Waals surface area contributed by atoms with Gasteiger partial charge in [0.2, 0.25) is 10.0 Å². The minimum Gasteiger partial charge on any atom is -0.348 e. The van der Waals surface area contributed by atoms with Crippen molar-refractivity contribution in [2.45, 2.75) is 23.8 Å². The maximum absolute atomic E-state index is 12.7. The highest BCUT2D eigenvalue weighted by molar-refractivity contribution is 7.89. The Labute approximate surface area is 190 Å². The number of aromatic nitrogens is 2. The number of hydrogen-bond acceptors (Lipinski definition) is 4. The summed E-state index contributed by atoms with van der Waals surface area (Å²) in [6, 6.07) is 13.4. The molecule has 3 aromatic rings. The number of carbonyl (C=O) groups is 1. The fourth-order valence-electron chi connectivity index (χ4n) is 3.47. The summed E-state index contributed by atoms with van der Waals surface area (Å²) in [6.45, 7) is 0.694. The first kappa shape index (κ1) is 21.8. The molecule has 0 unspecified atom stereocenters. The van der Waals surface area contributed by atoms with E-state index < -0.39 is 10.0 Å². The van der Waals surface area contributed by atoms with E-state index in [1.54, 1.807) is 59.3 Å². The minimum absolute atomic E-state index is 0.121. The van der Waals surface area contributed by atoms with Crippen molar-refractivity contribution < 1.29 is 13.2 Å². The molecule has 0 saturated carbocycles. The van der Waals surface area contributed by atoms with Crippen LogP contribution in [0.25, 0.3) is 5.69 Å². The summed E-state index contributed by atoms with van der Waals surface area (Å²) in [7, 11) is -3.52. The first-order valence-corrected chi connectivity index (χ1v) is 11.9. The number of rotatable bonds is 5. The van der Waals surface area contributed by atoms with E-state index in [0.29, 0.717) is 36.0 Å². The van der Waals surface area contributed by atoms with E-state index in [0.717, 1.165) is 5.69 Å². The van der Waals surface area contributed by atoms with Crippen molar-refractivity contribution in [1.82, 2.24) is 19.2 Å². The molecule has 2 heterocycles. The van der Waals surface area contributed by atoms with Gasteiger partial charge in [0.15, 0.2) is 0 Å². The molecule has 1 N–H and O–H groups in total. The third-order valence-corrected chi connectivity index (χ3v) is 7.84. The summed E-state index contributed by atoms with van der Waals surface area (Å²) in [5, 5.41) is 3.81. The van der Waals surface area contributed by atoms with Crippen LogP contribution in [0.5, 0.6) is 0 Å². The van der Waals surface area contributed by atoms with Crippen LogP contribution in [-0.2, 0) is 10.0 Å². The molecule has 1 amide bonds. The standard InChI is InChI=1S/C21H20Cl2N4O3S/c22-18-7-6-16(12-19(18)23)26-13-20(24-14-26)21(28)25-15-8-10-27(11-9-15)31(29,30)17-4-2-1-3-5-17/h1-7,12-15H,8-11H2,(H,25,28). The molecule has 31 heavy (non-hydrogen) atoms. The highest BCUT2D eigenvalue weighted by Gasteiger charge is 2.30. The van der Waals surface area contributed by atoms with Gasteiger partial charge >= 0.3 is 0 Å². The predicted octanol–water partition coefficient (Wildman–Crippen LogP) is 3.76. The molecule has 0 bridgehead atoms. The average molecular weight is 479 g/mol. The second-order valence-electron chi connectivity index (χ2n) is 7.23. The second kappa shape index (κ2) is 9.00. The lowest BCUT2D eigenvalue weighted by atomic mass is 10.1. The summed E-state index contributed by atoms with van der Waals surface area (Å²) >= 11 is 12.0. The van der Waals surface area contributed by atoms with Crippen molar-refractivity contribution in [2.24, 2.45) is 0 Å². The SMILES string of the molecule is O=C(NC1CCN(S(=O)(=O)c2ccccc2)CC1)c1cn(-c2ccc(Cl)c(Cl)c2)cn1. The maximum atomic E-state index is 12.7. The molecule has 162 valence electrons. The van der Waals surface area contributed by atoms with E-state index in [1.807, 2.05) is 0 Å². The predicted molar refractivity (Wildman–Crippen MR) is 119 cm³/mol. The molecule has 1 fully saturated rings. The first-order valence-electron chi connectivity index (χ1n) is 9.70. The number of benzene rings is 2. The molecular weight excluding hydrogens is 459 g/mol. The van der Waals surface area contributed by atoms with Gasteiger partial charge in [0.25, 0.3) is 5.91 Å². The topological polar surface area (TPSA) is 84.3 Å². The molecular formula is C21H20Cl2N4O3S. The molecule has 10 heteroatoms. The number of piperidine rings is 1. The van der Waals surface area contributed by atoms with Crippen molar-refractivity contribution in [3.63, 3.8) is 0 Å². The smallest absolute Gasteiger partial charge is 0.271 e. The van der Waals surface area contributed by atoms with Crippen molar-refractivity contribution in [3.8, 4) is 5.69 Å². The van der Waals surface area contributed by atoms with Crippen LogP contribution in [-0.4, -0.2) is 47.3 Å². The van der Waals surface area contributed by atoms with Crippen molar-refractivity contribution in [2.75, 3.05) is 13.1 Å². The number of imidazole rings is 1. The summed E-state index contributed by atoms with van der Waals surface area (Å²) in [4.78, 5) is 17.1. The monoisotopic (exact) mass is 478 g/mol. The van der Waals surface area contributed by atoms with E-state index in [1.165, 1.54) is 10.6 Å². The summed E-state index contributed by atoms with van der Waals surface area (Å²) in [6.07, 6.45) is 4.21. The Morgan fingerprint density at radius 1 is 1.03 bits per heavy atom. The van der Waals surface area contributed by atoms with Gasteiger partial charge in [0.05, 0.1) is 14.9 Å². The molecule has 0 radical (unpaired) electrons. The average Bonchev–Trinajstić information content (AvgIpc) is 3.27. The Balaban J connectivity index is 1.36. The van der Waals surface area contributed by atoms with Gasteiger partial charge in [-0.2, -0.15) is 4.31 Å². The minimum atomic E-state index is -3.52. The van der Waals surface area contributed by atoms with Gasteiger partial charge in [0, 0.05) is 31.0 Å². The van der Waals surface area contributed by atoms with Crippen molar-refractivity contribution in [1.29, 1.82) is 0 Å². The highest BCUT2D eigenvalue weighted by atomic mass is 35.5. The number of amides is 1. The molecule has 1 aliphatic heterocycles. The van der Waals surface area contributed by atoms with Gasteiger partial charge in [-0.1, -0.05) is 41.4 Å². The number of sulfonamides is 1. The fraction of sp³-hybridized carbons (Fsp3) is 0.238. The van der Waals surface area contributed by atoms with Crippen LogP contribution in [0, 0.1) is 0 Å². The Hall–Kier alpha value is -2.39. The zero-order chi connectivity index (χ0) is 22.0. The van der Waals surface area contributed by atoms with Gasteiger partial charge in [-0.05, 0) is 43.2 Å². The number of halogens is 2. The van der Waals surface area contributed by atoms with Gasteiger partial charge in [-0.25, -0.2) is 13.4 Å². The molecule has 7 nitrogen and oxygen atoms in total. The molecule has 1 aromatic heterocycles. The zero-order valence-corrected chi connectivity index (χ0v) is 18.7. The van der Waals surface area contributed by atoms with Crippen LogP contribution < -0.4 is 5.32 Å². The lowest BCUT2D eigenvalue weighted by molar-refractivity contribution is 0.0919. The van der Waals surface area contributed by atoms with Crippen molar-refractivity contribution in [3.05, 3.63) is 76.8 Å². The van der Waals surface area contributed by atoms with Crippen LogP contribution >= 0.6 is 23.2 Å². The lowest BCUT2D eigenvalue weighted by Crippen LogP contribution is -2.46. The quantitative estimate of drug-likeness (QED) is 0.604. The van der Waals surface area contributed by atoms with Gasteiger partial charge in [-0.15, -0.1) is 0 Å². The van der Waals surface area contributed by atoms with Crippen LogP contribution in [0.1, 0.15) is 23.3 Å². The highest BCUT2D eigenvalue weighted by Crippen LogP contribution is 2.25. The second-order valence-corrected chi connectivity index (χ2v) is 9.98. The molecule has 4 rings (SSSR count). The van der Waals surface area contributed by atoms with Gasteiger partial charge < -0.3 is 9.88 Å². The number of hydrogen-bond donors (Lipinski definition) is 1. The molecule has 1 aliphatic rings. The number of carbonyl (C=O) groups excluding carboxylic acids is 1. The number of nitrogens with one attached hydrogen (secondary N) is 1. The summed E-state index contributed by atoms with van der Waals surface area (Å²) < 4.78 is 28.6. The molecule has 0 spiro atoms. The van der Waals surface area contributed by atoms with E-state index in [-0.39, 0.29) is 22.5 Å². The molecule has 0 aliphatic carbocycles. The maximum Gasteiger partial charge on any atom is 0.271 e. The normalized spacial score (nSPS) is 15.7. The van der Waals surface area contributed by atoms with Gasteiger partial charge in [0.1, 0.15) is 12.0 Å². The third-order valence-electron chi connectivity index (χ3n) is 5.19. The Kier molecular flexibility index (Phi) is 6.34. The van der Waals surface area contributed by atoms with E-state index in [9.17, 15) is 13.2 Å². The van der Waals surface area contributed by atoms with Crippen molar-refractivity contribution >= 4 is 39.1 Å². The molecule has 0 atom stereocenters. The molecule has 2 aromatic carbocycles. The van der Waals surface area contributed by atoms with Crippen LogP contribution in [0.2, 0.25) is 10.0 Å². The largest absolute Gasteiger partial charge is 0.348 e. The van der Waals surface area contributed by atoms with E-state index >= 15 is 0 Å². The van der Waals surface area contributed by atoms with E-state index in [4.69, 9.17) is 23.2 Å². The Bertz CT molecular complexity index is 1190. The number of nitrogens with zero attached hydrogens (tertiary/aromatic N) is 3. The lowest BCUT2D eigenvalue weighted by Gasteiger charge is -2.31. The van der Waals surface area contributed by atoms with Gasteiger partial charge in [-0.3, -0.25) is 4.79 Å². The molecule has 1 saturated heterocycles. The van der Waals surface area contributed by atoms with Crippen LogP contribution in [0.15, 0.2) is 66.0 Å². The van der Waals surface area contributed by atoms with E-state index in [2.05, 4.69) is 10.3 Å². The zero-order valence-electron chi connectivity index (χ0n) is 16.4. The third kappa shape index (κ3) is 4.77. The van der Waals surface area contributed by atoms with Crippen LogP contribution in [0.3, 0.4) is 0 Å². The summed E-state index contributed by atoms with van der Waals surface area (Å²) in [5.41, 5.74) is 1.01.